The van der Waals surface area contributed by atoms with E-state index in [1.54, 1.807) is 0 Å². The Bertz CT molecular complexity index is 244. The molecular formula is C10H21BFN3O3. The predicted molar refractivity (Wildman–Crippen MR) is 67.5 cm³/mol. The summed E-state index contributed by atoms with van der Waals surface area (Å²) in [5, 5.41) is 5.40. The lowest BCUT2D eigenvalue weighted by atomic mass is 10.2. The molecule has 6 nitrogen and oxygen atoms in total. The molecule has 0 spiro atoms. The lowest BCUT2D eigenvalue weighted by Crippen LogP contribution is -2.34. The zero-order valence-electron chi connectivity index (χ0n) is 10.8. The molecule has 3 N–H and O–H groups in total. The molecule has 0 aromatic rings. The first-order chi connectivity index (χ1) is 8.66. The lowest BCUT2D eigenvalue weighted by molar-refractivity contribution is -0.121. The Morgan fingerprint density at radius 3 is 2.28 bits per heavy atom. The van der Waals surface area contributed by atoms with Crippen molar-refractivity contribution >= 4 is 19.6 Å². The molecule has 0 rings (SSSR count). The predicted octanol–water partition coefficient (Wildman–Crippen LogP) is -0.444. The van der Waals surface area contributed by atoms with Gasteiger partial charge in [-0.15, -0.1) is 0 Å². The minimum absolute atomic E-state index is 0.00902. The minimum Gasteiger partial charge on any atom is -0.356 e. The van der Waals surface area contributed by atoms with Crippen LogP contribution in [-0.4, -0.2) is 39.2 Å². The number of unbranched alkanes of at least 4 members (excludes halogenated alkanes) is 3. The molecule has 0 radical (unpaired) electrons. The summed E-state index contributed by atoms with van der Waals surface area (Å²) in [5.41, 5.74) is 2.19. The van der Waals surface area contributed by atoms with Gasteiger partial charge in [-0.2, -0.15) is 0 Å². The van der Waals surface area contributed by atoms with E-state index in [1.807, 2.05) is 0 Å². The van der Waals surface area contributed by atoms with Gasteiger partial charge in [0.15, 0.2) is 0 Å². The molecule has 0 atom stereocenters. The Morgan fingerprint density at radius 2 is 1.72 bits per heavy atom. The van der Waals surface area contributed by atoms with Crippen LogP contribution in [0.25, 0.3) is 0 Å². The molecule has 8 heteroatoms. The molecule has 0 unspecified atom stereocenters. The number of hydrogen-bond donors (Lipinski definition) is 3. The van der Waals surface area contributed by atoms with Gasteiger partial charge in [-0.1, -0.05) is 12.8 Å². The summed E-state index contributed by atoms with van der Waals surface area (Å²) in [5.74, 6) is -0.230. The largest absolute Gasteiger partial charge is 0.498 e. The van der Waals surface area contributed by atoms with E-state index >= 15 is 0 Å². The van der Waals surface area contributed by atoms with Crippen molar-refractivity contribution < 1.29 is 18.7 Å². The van der Waals surface area contributed by atoms with Gasteiger partial charge in [-0.05, 0) is 12.8 Å². The number of rotatable bonds is 11. The summed E-state index contributed by atoms with van der Waals surface area (Å²) < 4.78 is 15.7. The third-order valence-electron chi connectivity index (χ3n) is 2.19. The number of nitrogens with one attached hydrogen (secondary N) is 3. The Balaban J connectivity index is 3.15. The normalized spacial score (nSPS) is 9.89. The molecule has 0 aliphatic rings. The standard InChI is InChI=1S/C10H21BFN3O3/c1-9(16)13-6-4-2-3-5-7-14-10(17)8-15-18-11-12/h11,15H,2-8H2,1H3,(H,13,16)(H,14,17). The third kappa shape index (κ3) is 12.9. The maximum atomic E-state index is 11.5. The topological polar surface area (TPSA) is 79.5 Å². The summed E-state index contributed by atoms with van der Waals surface area (Å²) in [4.78, 5) is 21.7. The summed E-state index contributed by atoms with van der Waals surface area (Å²) in [6.45, 7) is 2.74. The molecule has 104 valence electrons. The number of hydrogen-bond acceptors (Lipinski definition) is 4. The number of amides is 2. The monoisotopic (exact) mass is 261 g/mol. The average Bonchev–Trinajstić information content (AvgIpc) is 2.32. The zero-order chi connectivity index (χ0) is 13.6. The van der Waals surface area contributed by atoms with E-state index in [2.05, 4.69) is 20.9 Å². The maximum Gasteiger partial charge on any atom is 0.498 e. The van der Waals surface area contributed by atoms with Gasteiger partial charge in [-0.3, -0.25) is 13.9 Å². The fraction of sp³-hybridized carbons (Fsp3) is 0.800. The van der Waals surface area contributed by atoms with E-state index in [0.717, 1.165) is 25.7 Å². The van der Waals surface area contributed by atoms with Crippen molar-refractivity contribution in [2.24, 2.45) is 0 Å². The average molecular weight is 261 g/mol. The van der Waals surface area contributed by atoms with Crippen LogP contribution in [0, 0.1) is 0 Å². The minimum atomic E-state index is -0.957. The Kier molecular flexibility index (Phi) is 11.5. The highest BCUT2D eigenvalue weighted by molar-refractivity contribution is 6.16. The molecule has 18 heavy (non-hydrogen) atoms. The van der Waals surface area contributed by atoms with Crippen LogP contribution in [0.2, 0.25) is 0 Å². The van der Waals surface area contributed by atoms with Gasteiger partial charge in [-0.25, -0.2) is 5.48 Å². The number of hydroxylamine groups is 1. The van der Waals surface area contributed by atoms with Gasteiger partial charge in [0.25, 0.3) is 0 Å². The van der Waals surface area contributed by atoms with Crippen LogP contribution < -0.4 is 16.1 Å². The van der Waals surface area contributed by atoms with Gasteiger partial charge in [0.1, 0.15) is 0 Å². The highest BCUT2D eigenvalue weighted by Gasteiger charge is 1.99. The van der Waals surface area contributed by atoms with Crippen LogP contribution >= 0.6 is 0 Å². The number of carbonyl (C=O) groups excluding carboxylic acids is 2. The van der Waals surface area contributed by atoms with Crippen molar-refractivity contribution in [3.63, 3.8) is 0 Å². The fourth-order valence-corrected chi connectivity index (χ4v) is 1.31. The second kappa shape index (κ2) is 12.3. The van der Waals surface area contributed by atoms with Gasteiger partial charge in [0, 0.05) is 20.0 Å². The van der Waals surface area contributed by atoms with Crippen LogP contribution in [0.1, 0.15) is 32.6 Å². The smallest absolute Gasteiger partial charge is 0.356 e. The SMILES string of the molecule is CC(=O)NCCCCCCNC(=O)CNOBF. The molecule has 0 aromatic heterocycles. The third-order valence-corrected chi connectivity index (χ3v) is 2.19. The van der Waals surface area contributed by atoms with Crippen molar-refractivity contribution in [1.29, 1.82) is 0 Å². The van der Waals surface area contributed by atoms with Gasteiger partial charge in [0.05, 0.1) is 6.54 Å². The summed E-state index contributed by atoms with van der Waals surface area (Å²) in [7, 11) is -0.957. The second-order valence-corrected chi connectivity index (χ2v) is 3.82. The first-order valence-corrected chi connectivity index (χ1v) is 6.08. The maximum absolute atomic E-state index is 11.5. The van der Waals surface area contributed by atoms with Gasteiger partial charge in [0.2, 0.25) is 11.8 Å². The van der Waals surface area contributed by atoms with E-state index in [9.17, 15) is 13.9 Å². The summed E-state index contributed by atoms with van der Waals surface area (Å²) >= 11 is 0. The first-order valence-electron chi connectivity index (χ1n) is 6.08. The van der Waals surface area contributed by atoms with Gasteiger partial charge >= 0.3 is 7.76 Å². The molecule has 0 heterocycles. The first kappa shape index (κ1) is 16.9. The van der Waals surface area contributed by atoms with Crippen molar-refractivity contribution in [1.82, 2.24) is 16.1 Å². The van der Waals surface area contributed by atoms with E-state index in [1.165, 1.54) is 6.92 Å². The molecule has 0 aliphatic carbocycles. The molecule has 0 fully saturated rings. The highest BCUT2D eigenvalue weighted by Crippen LogP contribution is 1.97. The van der Waals surface area contributed by atoms with Crippen molar-refractivity contribution in [2.45, 2.75) is 32.6 Å². The van der Waals surface area contributed by atoms with E-state index in [4.69, 9.17) is 0 Å². The molecule has 0 saturated carbocycles. The fourth-order valence-electron chi connectivity index (χ4n) is 1.31. The van der Waals surface area contributed by atoms with E-state index in [0.29, 0.717) is 13.1 Å². The Morgan fingerprint density at radius 1 is 1.11 bits per heavy atom. The molecule has 0 aromatic carbocycles. The van der Waals surface area contributed by atoms with Crippen LogP contribution in [0.4, 0.5) is 4.32 Å². The van der Waals surface area contributed by atoms with Crippen LogP contribution in [0.5, 0.6) is 0 Å². The molecular weight excluding hydrogens is 240 g/mol. The zero-order valence-corrected chi connectivity index (χ0v) is 10.8. The van der Waals surface area contributed by atoms with E-state index < -0.39 is 7.76 Å². The number of halogens is 1. The molecule has 2 amide bonds. The molecule has 0 aliphatic heterocycles. The van der Waals surface area contributed by atoms with E-state index in [-0.39, 0.29) is 18.4 Å². The van der Waals surface area contributed by atoms with Crippen LogP contribution in [0.3, 0.4) is 0 Å². The second-order valence-electron chi connectivity index (χ2n) is 3.82. The van der Waals surface area contributed by atoms with Crippen molar-refractivity contribution in [3.05, 3.63) is 0 Å². The molecule has 0 saturated heterocycles. The lowest BCUT2D eigenvalue weighted by Gasteiger charge is -2.06. The Labute approximate surface area is 107 Å². The Hall–Kier alpha value is -1.15. The van der Waals surface area contributed by atoms with Crippen LogP contribution in [0.15, 0.2) is 0 Å². The van der Waals surface area contributed by atoms with Crippen molar-refractivity contribution in [3.8, 4) is 0 Å². The summed E-state index contributed by atoms with van der Waals surface area (Å²) in [6, 6.07) is 0. The number of carbonyl (C=O) groups is 2. The molecule has 0 bridgehead atoms. The van der Waals surface area contributed by atoms with Crippen LogP contribution in [-0.2, 0) is 14.3 Å². The quantitative estimate of drug-likeness (QED) is 0.267. The highest BCUT2D eigenvalue weighted by atomic mass is 19.1. The van der Waals surface area contributed by atoms with Crippen molar-refractivity contribution in [2.75, 3.05) is 19.6 Å². The summed E-state index contributed by atoms with van der Waals surface area (Å²) in [6.07, 6.45) is 3.84. The van der Waals surface area contributed by atoms with Gasteiger partial charge < -0.3 is 15.4 Å².